The molecule has 0 saturated heterocycles. The Morgan fingerprint density at radius 1 is 1.11 bits per heavy atom. The summed E-state index contributed by atoms with van der Waals surface area (Å²) in [7, 11) is 0. The molecule has 28 heavy (non-hydrogen) atoms. The Morgan fingerprint density at radius 2 is 1.93 bits per heavy atom. The summed E-state index contributed by atoms with van der Waals surface area (Å²) in [5.41, 5.74) is 3.84. The van der Waals surface area contributed by atoms with E-state index in [1.165, 1.54) is 6.92 Å². The summed E-state index contributed by atoms with van der Waals surface area (Å²) in [5.74, 6) is 0.948. The Labute approximate surface area is 160 Å². The molecule has 0 spiro atoms. The number of nitrogens with zero attached hydrogens (tertiary/aromatic N) is 4. The number of H-pyrrole nitrogens is 1. The average Bonchev–Trinajstić information content (AvgIpc) is 3.17. The molecule has 9 nitrogen and oxygen atoms in total. The number of nitrogens with one attached hydrogen (secondary N) is 4. The lowest BCUT2D eigenvalue weighted by atomic mass is 10.2. The van der Waals surface area contributed by atoms with Gasteiger partial charge in [0.15, 0.2) is 11.5 Å². The van der Waals surface area contributed by atoms with Crippen LogP contribution in [0.5, 0.6) is 0 Å². The highest BCUT2D eigenvalue weighted by atomic mass is 16.1. The molecule has 0 saturated carbocycles. The number of pyridine rings is 1. The molecule has 0 unspecified atom stereocenters. The number of benzene rings is 1. The molecule has 4 rings (SSSR count). The van der Waals surface area contributed by atoms with Crippen molar-refractivity contribution in [2.45, 2.75) is 13.5 Å². The maximum atomic E-state index is 11.1. The second kappa shape index (κ2) is 7.70. The number of rotatable bonds is 6. The lowest BCUT2D eigenvalue weighted by molar-refractivity contribution is -0.114. The van der Waals surface area contributed by atoms with Gasteiger partial charge in [0.1, 0.15) is 5.52 Å². The zero-order valence-electron chi connectivity index (χ0n) is 15.1. The summed E-state index contributed by atoms with van der Waals surface area (Å²) in [5, 5.41) is 9.20. The van der Waals surface area contributed by atoms with Gasteiger partial charge in [-0.2, -0.15) is 9.97 Å². The second-order valence-electron chi connectivity index (χ2n) is 6.10. The van der Waals surface area contributed by atoms with Gasteiger partial charge in [-0.25, -0.2) is 4.98 Å². The maximum Gasteiger partial charge on any atom is 0.227 e. The van der Waals surface area contributed by atoms with Crippen molar-refractivity contribution in [3.05, 3.63) is 60.7 Å². The van der Waals surface area contributed by atoms with Crippen molar-refractivity contribution in [1.29, 1.82) is 0 Å². The molecule has 4 N–H and O–H groups in total. The molecular formula is C19H18N8O. The molecule has 0 atom stereocenters. The van der Waals surface area contributed by atoms with Crippen LogP contribution in [-0.2, 0) is 11.3 Å². The van der Waals surface area contributed by atoms with E-state index in [4.69, 9.17) is 0 Å². The molecule has 1 aromatic carbocycles. The number of aromatic amines is 1. The lowest BCUT2D eigenvalue weighted by Crippen LogP contribution is -2.07. The van der Waals surface area contributed by atoms with Crippen molar-refractivity contribution in [2.24, 2.45) is 0 Å². The molecule has 0 aliphatic rings. The number of anilines is 4. The molecule has 0 aliphatic carbocycles. The first kappa shape index (κ1) is 17.4. The largest absolute Gasteiger partial charge is 0.350 e. The van der Waals surface area contributed by atoms with Crippen LogP contribution in [0.1, 0.15) is 12.5 Å². The Bertz CT molecular complexity index is 1090. The van der Waals surface area contributed by atoms with E-state index in [1.807, 2.05) is 36.4 Å². The van der Waals surface area contributed by atoms with Crippen LogP contribution in [0.3, 0.4) is 0 Å². The van der Waals surface area contributed by atoms with Crippen molar-refractivity contribution >= 4 is 40.2 Å². The van der Waals surface area contributed by atoms with Crippen molar-refractivity contribution in [3.63, 3.8) is 0 Å². The molecule has 9 heteroatoms. The Balaban J connectivity index is 1.55. The van der Waals surface area contributed by atoms with Crippen LogP contribution in [0.15, 0.2) is 55.1 Å². The number of aromatic nitrogens is 5. The second-order valence-corrected chi connectivity index (χ2v) is 6.10. The van der Waals surface area contributed by atoms with Crippen LogP contribution in [0, 0.1) is 0 Å². The Hall–Kier alpha value is -4.01. The number of carbonyl (C=O) groups is 1. The van der Waals surface area contributed by atoms with Crippen LogP contribution < -0.4 is 16.0 Å². The number of hydrogen-bond donors (Lipinski definition) is 4. The number of fused-ring (bicyclic) bond motifs is 1. The molecule has 0 fully saturated rings. The molecule has 0 aliphatic heterocycles. The summed E-state index contributed by atoms with van der Waals surface area (Å²) in [6.07, 6.45) is 5.10. The number of hydrogen-bond acceptors (Lipinski definition) is 7. The maximum absolute atomic E-state index is 11.1. The first-order chi connectivity index (χ1) is 13.7. The van der Waals surface area contributed by atoms with Gasteiger partial charge >= 0.3 is 0 Å². The fourth-order valence-electron chi connectivity index (χ4n) is 2.66. The minimum Gasteiger partial charge on any atom is -0.350 e. The first-order valence-corrected chi connectivity index (χ1v) is 8.66. The number of amides is 1. The molecule has 140 valence electrons. The Kier molecular flexibility index (Phi) is 4.79. The van der Waals surface area contributed by atoms with Gasteiger partial charge in [-0.15, -0.1) is 0 Å². The molecule has 1 amide bonds. The van der Waals surface area contributed by atoms with Gasteiger partial charge in [-0.1, -0.05) is 6.07 Å². The molecule has 0 bridgehead atoms. The molecule has 0 radical (unpaired) electrons. The third-order valence-electron chi connectivity index (χ3n) is 3.93. The van der Waals surface area contributed by atoms with Gasteiger partial charge in [0, 0.05) is 37.2 Å². The highest BCUT2D eigenvalue weighted by Crippen LogP contribution is 2.24. The predicted octanol–water partition coefficient (Wildman–Crippen LogP) is 3.06. The quantitative estimate of drug-likeness (QED) is 0.409. The minimum atomic E-state index is -0.111. The summed E-state index contributed by atoms with van der Waals surface area (Å²) in [4.78, 5) is 31.5. The lowest BCUT2D eigenvalue weighted by Gasteiger charge is -2.10. The van der Waals surface area contributed by atoms with Crippen molar-refractivity contribution < 1.29 is 4.79 Å². The zero-order valence-corrected chi connectivity index (χ0v) is 15.1. The summed E-state index contributed by atoms with van der Waals surface area (Å²) < 4.78 is 0. The first-order valence-electron chi connectivity index (χ1n) is 8.66. The highest BCUT2D eigenvalue weighted by Gasteiger charge is 2.10. The van der Waals surface area contributed by atoms with Gasteiger partial charge in [0.25, 0.3) is 0 Å². The van der Waals surface area contributed by atoms with E-state index < -0.39 is 0 Å². The van der Waals surface area contributed by atoms with E-state index in [9.17, 15) is 4.79 Å². The SMILES string of the molecule is CC(=O)Nc1ccc(Nc2nc(NCc3cccnc3)nc3nc[nH]c23)cc1. The minimum absolute atomic E-state index is 0.111. The molecule has 4 aromatic rings. The van der Waals surface area contributed by atoms with Crippen LogP contribution in [0.4, 0.5) is 23.1 Å². The third kappa shape index (κ3) is 4.04. The topological polar surface area (TPSA) is 121 Å². The third-order valence-corrected chi connectivity index (χ3v) is 3.93. The van der Waals surface area contributed by atoms with E-state index in [1.54, 1.807) is 18.7 Å². The molecular weight excluding hydrogens is 356 g/mol. The van der Waals surface area contributed by atoms with E-state index >= 15 is 0 Å². The predicted molar refractivity (Wildman–Crippen MR) is 107 cm³/mol. The number of imidazole rings is 1. The molecule has 3 aromatic heterocycles. The fraction of sp³-hybridized carbons (Fsp3) is 0.105. The smallest absolute Gasteiger partial charge is 0.227 e. The average molecular weight is 374 g/mol. The van der Waals surface area contributed by atoms with E-state index in [2.05, 4.69) is 40.9 Å². The van der Waals surface area contributed by atoms with E-state index in [0.29, 0.717) is 29.5 Å². The van der Waals surface area contributed by atoms with Gasteiger partial charge in [0.05, 0.1) is 6.33 Å². The summed E-state index contributed by atoms with van der Waals surface area (Å²) in [6, 6.07) is 11.2. The van der Waals surface area contributed by atoms with Gasteiger partial charge in [-0.3, -0.25) is 9.78 Å². The Morgan fingerprint density at radius 3 is 2.68 bits per heavy atom. The zero-order chi connectivity index (χ0) is 19.3. The highest BCUT2D eigenvalue weighted by molar-refractivity contribution is 5.89. The summed E-state index contributed by atoms with van der Waals surface area (Å²) >= 11 is 0. The van der Waals surface area contributed by atoms with Crippen LogP contribution in [0.2, 0.25) is 0 Å². The van der Waals surface area contributed by atoms with Crippen LogP contribution in [0.25, 0.3) is 11.2 Å². The van der Waals surface area contributed by atoms with Crippen LogP contribution >= 0.6 is 0 Å². The number of carbonyl (C=O) groups excluding carboxylic acids is 1. The van der Waals surface area contributed by atoms with Gasteiger partial charge in [0.2, 0.25) is 11.9 Å². The fourth-order valence-corrected chi connectivity index (χ4v) is 2.66. The van der Waals surface area contributed by atoms with Gasteiger partial charge < -0.3 is 20.9 Å². The van der Waals surface area contributed by atoms with Gasteiger partial charge in [-0.05, 0) is 35.9 Å². The normalized spacial score (nSPS) is 10.6. The van der Waals surface area contributed by atoms with Crippen molar-refractivity contribution in [1.82, 2.24) is 24.9 Å². The molecule has 3 heterocycles. The van der Waals surface area contributed by atoms with E-state index in [0.717, 1.165) is 16.9 Å². The monoisotopic (exact) mass is 374 g/mol. The van der Waals surface area contributed by atoms with Crippen molar-refractivity contribution in [2.75, 3.05) is 16.0 Å². The van der Waals surface area contributed by atoms with Crippen molar-refractivity contribution in [3.8, 4) is 0 Å². The standard InChI is InChI=1S/C19H18N8O/c1-12(28)24-14-4-6-15(7-5-14)25-18-16-17(23-11-22-16)26-19(27-18)21-10-13-3-2-8-20-9-13/h2-9,11H,10H2,1H3,(H,24,28)(H3,21,22,23,25,26,27). The summed E-state index contributed by atoms with van der Waals surface area (Å²) in [6.45, 7) is 2.02. The van der Waals surface area contributed by atoms with Crippen LogP contribution in [-0.4, -0.2) is 30.8 Å². The van der Waals surface area contributed by atoms with E-state index in [-0.39, 0.29) is 5.91 Å².